The van der Waals surface area contributed by atoms with Gasteiger partial charge >= 0.3 is 0 Å². The van der Waals surface area contributed by atoms with Crippen molar-refractivity contribution in [3.05, 3.63) is 54.4 Å². The molecule has 15 heavy (non-hydrogen) atoms. The fraction of sp³-hybridized carbons (Fsp3) is 0.0909. The van der Waals surface area contributed by atoms with Crippen molar-refractivity contribution in [3.63, 3.8) is 0 Å². The van der Waals surface area contributed by atoms with E-state index < -0.39 is 0 Å². The maximum Gasteiger partial charge on any atom is 0.108 e. The lowest BCUT2D eigenvalue weighted by atomic mass is 10.1. The summed E-state index contributed by atoms with van der Waals surface area (Å²) < 4.78 is 1.71. The van der Waals surface area contributed by atoms with Crippen molar-refractivity contribution in [1.29, 1.82) is 0 Å². The third kappa shape index (κ3) is 2.22. The largest absolute Gasteiger partial charge is 0.411 e. The summed E-state index contributed by atoms with van der Waals surface area (Å²) >= 11 is 0. The molecular formula is C11H11N3O. The second-order valence-electron chi connectivity index (χ2n) is 3.12. The summed E-state index contributed by atoms with van der Waals surface area (Å²) in [7, 11) is 0. The number of hydrogen-bond donors (Lipinski definition) is 1. The zero-order valence-corrected chi connectivity index (χ0v) is 8.11. The summed E-state index contributed by atoms with van der Waals surface area (Å²) in [4.78, 5) is 0. The number of rotatable bonds is 3. The van der Waals surface area contributed by atoms with E-state index in [-0.39, 0.29) is 0 Å². The first kappa shape index (κ1) is 9.45. The van der Waals surface area contributed by atoms with Crippen LogP contribution < -0.4 is 0 Å². The molecule has 0 saturated carbocycles. The highest BCUT2D eigenvalue weighted by atomic mass is 16.4. The maximum absolute atomic E-state index is 8.93. The highest BCUT2D eigenvalue weighted by Crippen LogP contribution is 2.02. The first-order valence-corrected chi connectivity index (χ1v) is 4.64. The molecule has 1 heterocycles. The number of oxime groups is 1. The van der Waals surface area contributed by atoms with Crippen LogP contribution in [0.1, 0.15) is 5.56 Å². The monoisotopic (exact) mass is 201 g/mol. The fourth-order valence-corrected chi connectivity index (χ4v) is 1.36. The van der Waals surface area contributed by atoms with Gasteiger partial charge in [0.2, 0.25) is 0 Å². The van der Waals surface area contributed by atoms with Gasteiger partial charge < -0.3 is 5.21 Å². The summed E-state index contributed by atoms with van der Waals surface area (Å²) in [5.41, 5.74) is 1.50. The quantitative estimate of drug-likeness (QED) is 0.467. The Bertz CT molecular complexity index is 434. The lowest BCUT2D eigenvalue weighted by molar-refractivity contribution is 0.317. The van der Waals surface area contributed by atoms with Gasteiger partial charge in [-0.05, 0) is 6.07 Å². The Morgan fingerprint density at radius 2 is 2.07 bits per heavy atom. The SMILES string of the molecule is O/N=C(\Cn1cccn1)c1ccccc1. The van der Waals surface area contributed by atoms with Gasteiger partial charge in [0, 0.05) is 18.0 Å². The molecule has 4 heteroatoms. The van der Waals surface area contributed by atoms with E-state index in [1.54, 1.807) is 10.9 Å². The third-order valence-corrected chi connectivity index (χ3v) is 2.10. The number of aromatic nitrogens is 2. The molecule has 0 saturated heterocycles. The molecule has 0 unspecified atom stereocenters. The van der Waals surface area contributed by atoms with Crippen LogP contribution in [-0.2, 0) is 6.54 Å². The van der Waals surface area contributed by atoms with Gasteiger partial charge in [0.25, 0.3) is 0 Å². The second kappa shape index (κ2) is 4.41. The number of nitrogens with zero attached hydrogens (tertiary/aromatic N) is 3. The van der Waals surface area contributed by atoms with Gasteiger partial charge in [-0.2, -0.15) is 5.10 Å². The minimum absolute atomic E-state index is 0.466. The Balaban J connectivity index is 2.20. The molecule has 0 aliphatic heterocycles. The van der Waals surface area contributed by atoms with E-state index in [0.29, 0.717) is 12.3 Å². The van der Waals surface area contributed by atoms with Crippen LogP contribution in [-0.4, -0.2) is 20.7 Å². The van der Waals surface area contributed by atoms with Crippen LogP contribution in [0.2, 0.25) is 0 Å². The maximum atomic E-state index is 8.93. The minimum Gasteiger partial charge on any atom is -0.411 e. The Labute approximate surface area is 87.5 Å². The van der Waals surface area contributed by atoms with E-state index >= 15 is 0 Å². The molecule has 2 aromatic rings. The van der Waals surface area contributed by atoms with Crippen molar-refractivity contribution in [3.8, 4) is 0 Å². The average molecular weight is 201 g/mol. The Morgan fingerprint density at radius 3 is 2.67 bits per heavy atom. The smallest absolute Gasteiger partial charge is 0.108 e. The summed E-state index contributed by atoms with van der Waals surface area (Å²) in [5, 5.41) is 16.3. The summed E-state index contributed by atoms with van der Waals surface area (Å²) in [6, 6.07) is 11.4. The minimum atomic E-state index is 0.466. The summed E-state index contributed by atoms with van der Waals surface area (Å²) in [5.74, 6) is 0. The van der Waals surface area contributed by atoms with Gasteiger partial charge in [0.15, 0.2) is 0 Å². The van der Waals surface area contributed by atoms with Crippen LogP contribution >= 0.6 is 0 Å². The predicted octanol–water partition coefficient (Wildman–Crippen LogP) is 1.76. The van der Waals surface area contributed by atoms with Crippen molar-refractivity contribution in [2.75, 3.05) is 0 Å². The first-order valence-electron chi connectivity index (χ1n) is 4.64. The molecule has 76 valence electrons. The molecule has 1 aromatic heterocycles. The zero-order chi connectivity index (χ0) is 10.5. The molecule has 4 nitrogen and oxygen atoms in total. The van der Waals surface area contributed by atoms with Crippen LogP contribution in [0.15, 0.2) is 53.9 Å². The topological polar surface area (TPSA) is 50.4 Å². The van der Waals surface area contributed by atoms with Crippen LogP contribution in [0.3, 0.4) is 0 Å². The summed E-state index contributed by atoms with van der Waals surface area (Å²) in [6.07, 6.45) is 3.52. The molecule has 0 aliphatic carbocycles. The highest BCUT2D eigenvalue weighted by molar-refractivity contribution is 5.99. The van der Waals surface area contributed by atoms with Gasteiger partial charge in [-0.15, -0.1) is 0 Å². The first-order chi connectivity index (χ1) is 7.40. The Hall–Kier alpha value is -2.10. The predicted molar refractivity (Wildman–Crippen MR) is 57.0 cm³/mol. The lowest BCUT2D eigenvalue weighted by Gasteiger charge is -2.04. The van der Waals surface area contributed by atoms with Gasteiger partial charge in [-0.25, -0.2) is 0 Å². The van der Waals surface area contributed by atoms with Crippen molar-refractivity contribution in [2.24, 2.45) is 5.16 Å². The van der Waals surface area contributed by atoms with Crippen molar-refractivity contribution < 1.29 is 5.21 Å². The van der Waals surface area contributed by atoms with E-state index in [2.05, 4.69) is 10.3 Å². The Morgan fingerprint density at radius 1 is 1.27 bits per heavy atom. The van der Waals surface area contributed by atoms with Crippen LogP contribution in [0.4, 0.5) is 0 Å². The highest BCUT2D eigenvalue weighted by Gasteiger charge is 2.04. The summed E-state index contributed by atoms with van der Waals surface area (Å²) in [6.45, 7) is 0.466. The molecule has 1 N–H and O–H groups in total. The second-order valence-corrected chi connectivity index (χ2v) is 3.12. The molecule has 0 spiro atoms. The third-order valence-electron chi connectivity index (χ3n) is 2.10. The molecule has 0 bridgehead atoms. The van der Waals surface area contributed by atoms with Gasteiger partial charge in [0.05, 0.1) is 6.54 Å². The Kier molecular flexibility index (Phi) is 2.78. The molecule has 0 atom stereocenters. The normalized spacial score (nSPS) is 11.6. The van der Waals surface area contributed by atoms with E-state index in [0.717, 1.165) is 5.56 Å². The average Bonchev–Trinajstić information content (AvgIpc) is 2.80. The van der Waals surface area contributed by atoms with Crippen molar-refractivity contribution >= 4 is 5.71 Å². The molecule has 0 aliphatic rings. The molecule has 0 radical (unpaired) electrons. The van der Waals surface area contributed by atoms with Gasteiger partial charge in [-0.1, -0.05) is 35.5 Å². The van der Waals surface area contributed by atoms with E-state index in [9.17, 15) is 0 Å². The molecule has 0 fully saturated rings. The van der Waals surface area contributed by atoms with Crippen molar-refractivity contribution in [2.45, 2.75) is 6.54 Å². The zero-order valence-electron chi connectivity index (χ0n) is 8.11. The standard InChI is InChI=1S/C11H11N3O/c15-13-11(9-14-8-4-7-12-14)10-5-2-1-3-6-10/h1-8,15H,9H2/b13-11+. The number of benzene rings is 1. The number of hydrogen-bond acceptors (Lipinski definition) is 3. The molecule has 2 rings (SSSR count). The molecule has 0 amide bonds. The molecule has 1 aromatic carbocycles. The molecular weight excluding hydrogens is 190 g/mol. The van der Waals surface area contributed by atoms with Crippen molar-refractivity contribution in [1.82, 2.24) is 9.78 Å². The van der Waals surface area contributed by atoms with E-state index in [1.165, 1.54) is 0 Å². The van der Waals surface area contributed by atoms with E-state index in [4.69, 9.17) is 5.21 Å². The van der Waals surface area contributed by atoms with E-state index in [1.807, 2.05) is 42.6 Å². The van der Waals surface area contributed by atoms with Gasteiger partial charge in [0.1, 0.15) is 5.71 Å². The van der Waals surface area contributed by atoms with Crippen LogP contribution in [0.25, 0.3) is 0 Å². The van der Waals surface area contributed by atoms with Crippen LogP contribution in [0, 0.1) is 0 Å². The lowest BCUT2D eigenvalue weighted by Crippen LogP contribution is -2.11. The fourth-order valence-electron chi connectivity index (χ4n) is 1.36. The van der Waals surface area contributed by atoms with Gasteiger partial charge in [-0.3, -0.25) is 4.68 Å². The van der Waals surface area contributed by atoms with Crippen LogP contribution in [0.5, 0.6) is 0 Å².